The van der Waals surface area contributed by atoms with Crippen LogP contribution in [0.2, 0.25) is 0 Å². The van der Waals surface area contributed by atoms with Gasteiger partial charge in [0.05, 0.1) is 5.54 Å². The van der Waals surface area contributed by atoms with E-state index >= 15 is 0 Å². The second kappa shape index (κ2) is 3.81. The highest BCUT2D eigenvalue weighted by Crippen LogP contribution is 2.37. The Morgan fingerprint density at radius 2 is 2.53 bits per heavy atom. The minimum absolute atomic E-state index is 0.144. The third-order valence-corrected chi connectivity index (χ3v) is 3.80. The van der Waals surface area contributed by atoms with Crippen LogP contribution in [-0.2, 0) is 5.54 Å². The van der Waals surface area contributed by atoms with Gasteiger partial charge in [0.25, 0.3) is 0 Å². The average Bonchev–Trinajstić information content (AvgIpc) is 2.66. The molecule has 1 aromatic rings. The van der Waals surface area contributed by atoms with Crippen LogP contribution < -0.4 is 11.4 Å². The van der Waals surface area contributed by atoms with Gasteiger partial charge in [-0.3, -0.25) is 4.57 Å². The maximum absolute atomic E-state index is 11.6. The third-order valence-electron chi connectivity index (χ3n) is 3.80. The molecule has 1 aliphatic rings. The summed E-state index contributed by atoms with van der Waals surface area (Å²) in [5.41, 5.74) is 5.52. The molecule has 1 heterocycles. The fourth-order valence-corrected chi connectivity index (χ4v) is 2.72. The number of aromatic nitrogens is 3. The Morgan fingerprint density at radius 3 is 3.07 bits per heavy atom. The lowest BCUT2D eigenvalue weighted by Crippen LogP contribution is -2.51. The molecule has 1 fully saturated rings. The first kappa shape index (κ1) is 10.4. The number of nitrogens with two attached hydrogens (primary N) is 1. The number of nitrogens with zero attached hydrogens (tertiary/aromatic N) is 2. The molecule has 2 rings (SSSR count). The Labute approximate surface area is 88.7 Å². The number of hydrogen-bond acceptors (Lipinski definition) is 3. The van der Waals surface area contributed by atoms with Crippen molar-refractivity contribution in [2.45, 2.75) is 38.1 Å². The Kier molecular flexibility index (Phi) is 2.65. The SMILES string of the molecule is CC1CCCCC1(CN)n1cn[nH]c1=O. The van der Waals surface area contributed by atoms with Crippen LogP contribution in [-0.4, -0.2) is 21.3 Å². The summed E-state index contributed by atoms with van der Waals surface area (Å²) in [6.07, 6.45) is 6.06. The second-order valence-corrected chi connectivity index (χ2v) is 4.49. The molecular weight excluding hydrogens is 192 g/mol. The predicted octanol–water partition coefficient (Wildman–Crippen LogP) is 0.435. The molecule has 0 amide bonds. The average molecular weight is 210 g/mol. The van der Waals surface area contributed by atoms with Gasteiger partial charge in [-0.25, -0.2) is 9.89 Å². The van der Waals surface area contributed by atoms with Crippen molar-refractivity contribution in [3.05, 3.63) is 16.8 Å². The lowest BCUT2D eigenvalue weighted by molar-refractivity contribution is 0.121. The van der Waals surface area contributed by atoms with E-state index in [1.54, 1.807) is 10.9 Å². The summed E-state index contributed by atoms with van der Waals surface area (Å²) >= 11 is 0. The molecule has 5 heteroatoms. The van der Waals surface area contributed by atoms with Crippen molar-refractivity contribution in [3.8, 4) is 0 Å². The summed E-state index contributed by atoms with van der Waals surface area (Å²) in [7, 11) is 0. The highest BCUT2D eigenvalue weighted by atomic mass is 16.1. The van der Waals surface area contributed by atoms with Crippen molar-refractivity contribution in [2.75, 3.05) is 6.54 Å². The van der Waals surface area contributed by atoms with Gasteiger partial charge in [-0.1, -0.05) is 19.8 Å². The van der Waals surface area contributed by atoms with Gasteiger partial charge in [-0.2, -0.15) is 5.10 Å². The molecule has 0 bridgehead atoms. The molecule has 84 valence electrons. The van der Waals surface area contributed by atoms with Crippen LogP contribution in [0.25, 0.3) is 0 Å². The molecule has 5 nitrogen and oxygen atoms in total. The van der Waals surface area contributed by atoms with Crippen molar-refractivity contribution in [1.29, 1.82) is 0 Å². The zero-order valence-corrected chi connectivity index (χ0v) is 9.07. The molecule has 1 aromatic heterocycles. The van der Waals surface area contributed by atoms with E-state index in [-0.39, 0.29) is 11.2 Å². The highest BCUT2D eigenvalue weighted by Gasteiger charge is 2.39. The maximum Gasteiger partial charge on any atom is 0.343 e. The van der Waals surface area contributed by atoms with Gasteiger partial charge < -0.3 is 5.73 Å². The van der Waals surface area contributed by atoms with E-state index in [2.05, 4.69) is 17.1 Å². The summed E-state index contributed by atoms with van der Waals surface area (Å²) < 4.78 is 1.69. The molecule has 0 radical (unpaired) electrons. The first-order chi connectivity index (χ1) is 7.20. The normalized spacial score (nSPS) is 31.7. The Bertz CT molecular complexity index is 383. The molecule has 0 spiro atoms. The van der Waals surface area contributed by atoms with Crippen molar-refractivity contribution in [3.63, 3.8) is 0 Å². The largest absolute Gasteiger partial charge is 0.343 e. The van der Waals surface area contributed by atoms with Gasteiger partial charge in [0, 0.05) is 6.54 Å². The number of hydrogen-bond donors (Lipinski definition) is 2. The fraction of sp³-hybridized carbons (Fsp3) is 0.800. The van der Waals surface area contributed by atoms with E-state index in [1.165, 1.54) is 6.42 Å². The first-order valence-electron chi connectivity index (χ1n) is 5.53. The van der Waals surface area contributed by atoms with Gasteiger partial charge in [0.15, 0.2) is 0 Å². The lowest BCUT2D eigenvalue weighted by atomic mass is 9.73. The fourth-order valence-electron chi connectivity index (χ4n) is 2.72. The molecule has 2 unspecified atom stereocenters. The molecule has 1 saturated carbocycles. The summed E-state index contributed by atoms with van der Waals surface area (Å²) in [4.78, 5) is 11.6. The van der Waals surface area contributed by atoms with Crippen LogP contribution in [0.5, 0.6) is 0 Å². The molecular formula is C10H18N4O. The van der Waals surface area contributed by atoms with Crippen LogP contribution in [0.1, 0.15) is 32.6 Å². The molecule has 15 heavy (non-hydrogen) atoms. The first-order valence-corrected chi connectivity index (χ1v) is 5.53. The molecule has 1 aliphatic carbocycles. The van der Waals surface area contributed by atoms with Gasteiger partial charge in [0.2, 0.25) is 0 Å². The van der Waals surface area contributed by atoms with E-state index in [0.29, 0.717) is 12.5 Å². The number of nitrogens with one attached hydrogen (secondary N) is 1. The molecule has 0 aromatic carbocycles. The van der Waals surface area contributed by atoms with Gasteiger partial charge >= 0.3 is 5.69 Å². The van der Waals surface area contributed by atoms with Crippen LogP contribution in [0, 0.1) is 5.92 Å². The standard InChI is InChI=1S/C10H18N4O/c1-8-4-2-3-5-10(8,6-11)14-7-12-13-9(14)15/h7-8H,2-6,11H2,1H3,(H,13,15). The lowest BCUT2D eigenvalue weighted by Gasteiger charge is -2.42. The van der Waals surface area contributed by atoms with Crippen molar-refractivity contribution >= 4 is 0 Å². The quantitative estimate of drug-likeness (QED) is 0.743. The zero-order valence-electron chi connectivity index (χ0n) is 9.07. The van der Waals surface area contributed by atoms with Crippen LogP contribution in [0.4, 0.5) is 0 Å². The zero-order chi connectivity index (χ0) is 10.9. The van der Waals surface area contributed by atoms with Gasteiger partial charge in [-0.15, -0.1) is 0 Å². The smallest absolute Gasteiger partial charge is 0.328 e. The summed E-state index contributed by atoms with van der Waals surface area (Å²) in [5.74, 6) is 0.437. The summed E-state index contributed by atoms with van der Waals surface area (Å²) in [6, 6.07) is 0. The van der Waals surface area contributed by atoms with Crippen LogP contribution in [0.15, 0.2) is 11.1 Å². The molecule has 0 aliphatic heterocycles. The van der Waals surface area contributed by atoms with Gasteiger partial charge in [0.1, 0.15) is 6.33 Å². The monoisotopic (exact) mass is 210 g/mol. The van der Waals surface area contributed by atoms with E-state index < -0.39 is 0 Å². The third kappa shape index (κ3) is 1.51. The van der Waals surface area contributed by atoms with Crippen molar-refractivity contribution < 1.29 is 0 Å². The Hall–Kier alpha value is -1.10. The summed E-state index contributed by atoms with van der Waals surface area (Å²) in [5, 5.41) is 6.24. The molecule has 0 saturated heterocycles. The second-order valence-electron chi connectivity index (χ2n) is 4.49. The van der Waals surface area contributed by atoms with E-state index in [9.17, 15) is 4.79 Å². The minimum atomic E-state index is -0.220. The topological polar surface area (TPSA) is 76.7 Å². The Balaban J connectivity index is 2.44. The van der Waals surface area contributed by atoms with E-state index in [0.717, 1.165) is 19.3 Å². The van der Waals surface area contributed by atoms with E-state index in [1.807, 2.05) is 0 Å². The summed E-state index contributed by atoms with van der Waals surface area (Å²) in [6.45, 7) is 2.68. The highest BCUT2D eigenvalue weighted by molar-refractivity contribution is 4.96. The van der Waals surface area contributed by atoms with Crippen LogP contribution in [0.3, 0.4) is 0 Å². The van der Waals surface area contributed by atoms with Crippen molar-refractivity contribution in [2.24, 2.45) is 11.7 Å². The Morgan fingerprint density at radius 1 is 1.73 bits per heavy atom. The van der Waals surface area contributed by atoms with Crippen LogP contribution >= 0.6 is 0 Å². The maximum atomic E-state index is 11.6. The molecule has 3 N–H and O–H groups in total. The number of aromatic amines is 1. The minimum Gasteiger partial charge on any atom is -0.328 e. The van der Waals surface area contributed by atoms with Gasteiger partial charge in [-0.05, 0) is 18.8 Å². The van der Waals surface area contributed by atoms with E-state index in [4.69, 9.17) is 5.73 Å². The molecule has 2 atom stereocenters. The number of H-pyrrole nitrogens is 1. The predicted molar refractivity (Wildman–Crippen MR) is 57.5 cm³/mol. The van der Waals surface area contributed by atoms with Crippen molar-refractivity contribution in [1.82, 2.24) is 14.8 Å². The number of rotatable bonds is 2.